The van der Waals surface area contributed by atoms with Crippen LogP contribution in [0.1, 0.15) is 27.8 Å². The molecule has 0 saturated heterocycles. The maximum atomic E-state index is 12.0. The lowest BCUT2D eigenvalue weighted by atomic mass is 10.1. The quantitative estimate of drug-likeness (QED) is 0.860. The molecular weight excluding hydrogens is 274 g/mol. The number of benzene rings is 1. The van der Waals surface area contributed by atoms with Crippen molar-refractivity contribution in [1.29, 1.82) is 0 Å². The van der Waals surface area contributed by atoms with Crippen molar-refractivity contribution >= 4 is 17.2 Å². The highest BCUT2D eigenvalue weighted by atomic mass is 32.1. The predicted molar refractivity (Wildman–Crippen MR) is 79.2 cm³/mol. The molecule has 1 aromatic heterocycles. The van der Waals surface area contributed by atoms with Crippen molar-refractivity contribution in [1.82, 2.24) is 5.32 Å². The van der Waals surface area contributed by atoms with Gasteiger partial charge >= 0.3 is 0 Å². The average Bonchev–Trinajstić information content (AvgIpc) is 3.01. The van der Waals surface area contributed by atoms with E-state index in [2.05, 4.69) is 5.32 Å². The van der Waals surface area contributed by atoms with Crippen molar-refractivity contribution in [3.8, 4) is 5.75 Å². The van der Waals surface area contributed by atoms with E-state index in [0.29, 0.717) is 24.3 Å². The van der Waals surface area contributed by atoms with Gasteiger partial charge in [-0.2, -0.15) is 0 Å². The molecule has 0 spiro atoms. The van der Waals surface area contributed by atoms with E-state index in [1.165, 1.54) is 18.4 Å². The topological polar surface area (TPSA) is 58.6 Å². The van der Waals surface area contributed by atoms with Crippen LogP contribution in [0, 0.1) is 0 Å². The minimum atomic E-state index is -0.534. The first-order valence-electron chi connectivity index (χ1n) is 6.35. The van der Waals surface area contributed by atoms with E-state index in [1.807, 2.05) is 23.6 Å². The van der Waals surface area contributed by atoms with Gasteiger partial charge in [-0.05, 0) is 30.0 Å². The number of amides is 1. The number of aliphatic hydroxyl groups is 1. The molecule has 0 aliphatic rings. The number of hydrogen-bond acceptors (Lipinski definition) is 4. The van der Waals surface area contributed by atoms with Gasteiger partial charge in [0, 0.05) is 11.4 Å². The summed E-state index contributed by atoms with van der Waals surface area (Å²) in [6.07, 6.45) is -0.0468. The van der Waals surface area contributed by atoms with Crippen LogP contribution in [-0.4, -0.2) is 24.7 Å². The largest absolute Gasteiger partial charge is 0.496 e. The van der Waals surface area contributed by atoms with Crippen molar-refractivity contribution < 1.29 is 14.6 Å². The van der Waals surface area contributed by atoms with E-state index < -0.39 is 6.10 Å². The molecule has 1 heterocycles. The zero-order valence-electron chi connectivity index (χ0n) is 11.2. The molecule has 2 rings (SSSR count). The predicted octanol–water partition coefficient (Wildman–Crippen LogP) is 2.61. The summed E-state index contributed by atoms with van der Waals surface area (Å²) in [4.78, 5) is 12.9. The van der Waals surface area contributed by atoms with E-state index in [1.54, 1.807) is 18.2 Å². The fourth-order valence-corrected chi connectivity index (χ4v) is 2.62. The van der Waals surface area contributed by atoms with Crippen molar-refractivity contribution in [3.63, 3.8) is 0 Å². The Kier molecular flexibility index (Phi) is 5.15. The van der Waals surface area contributed by atoms with Gasteiger partial charge in [0.15, 0.2) is 0 Å². The van der Waals surface area contributed by atoms with Crippen LogP contribution < -0.4 is 10.1 Å². The normalized spacial score (nSPS) is 11.9. The minimum absolute atomic E-state index is 0.194. The third-order valence-electron chi connectivity index (χ3n) is 2.93. The van der Waals surface area contributed by atoms with Crippen LogP contribution in [0.2, 0.25) is 0 Å². The van der Waals surface area contributed by atoms with Crippen LogP contribution in [0.4, 0.5) is 0 Å². The van der Waals surface area contributed by atoms with E-state index in [-0.39, 0.29) is 5.91 Å². The van der Waals surface area contributed by atoms with Gasteiger partial charge in [0.1, 0.15) is 5.75 Å². The number of rotatable bonds is 6. The average molecular weight is 291 g/mol. The molecular formula is C15H17NO3S. The van der Waals surface area contributed by atoms with Gasteiger partial charge in [-0.3, -0.25) is 4.79 Å². The van der Waals surface area contributed by atoms with Crippen LogP contribution >= 0.6 is 11.3 Å². The van der Waals surface area contributed by atoms with Gasteiger partial charge < -0.3 is 15.2 Å². The van der Waals surface area contributed by atoms with Crippen LogP contribution in [-0.2, 0) is 0 Å². The molecule has 4 nitrogen and oxygen atoms in total. The molecule has 1 amide bonds. The Morgan fingerprint density at radius 2 is 2.15 bits per heavy atom. The number of nitrogens with one attached hydrogen (secondary N) is 1. The summed E-state index contributed by atoms with van der Waals surface area (Å²) in [5.41, 5.74) is 0.501. The number of hydrogen-bond donors (Lipinski definition) is 2. The number of aliphatic hydroxyl groups excluding tert-OH is 1. The highest BCUT2D eigenvalue weighted by Gasteiger charge is 2.12. The Morgan fingerprint density at radius 3 is 2.85 bits per heavy atom. The summed E-state index contributed by atoms with van der Waals surface area (Å²) in [5, 5.41) is 14.6. The van der Waals surface area contributed by atoms with Crippen LogP contribution in [0.15, 0.2) is 41.8 Å². The van der Waals surface area contributed by atoms with Gasteiger partial charge in [-0.1, -0.05) is 18.2 Å². The molecule has 0 fully saturated rings. The highest BCUT2D eigenvalue weighted by Crippen LogP contribution is 2.21. The molecule has 2 aromatic rings. The first-order valence-corrected chi connectivity index (χ1v) is 7.23. The van der Waals surface area contributed by atoms with Crippen LogP contribution in [0.3, 0.4) is 0 Å². The van der Waals surface area contributed by atoms with Gasteiger partial charge in [0.2, 0.25) is 0 Å². The Hall–Kier alpha value is -1.85. The Balaban J connectivity index is 1.86. The Bertz CT molecular complexity index is 554. The van der Waals surface area contributed by atoms with Gasteiger partial charge in [-0.25, -0.2) is 0 Å². The highest BCUT2D eigenvalue weighted by molar-refractivity contribution is 7.10. The summed E-state index contributed by atoms with van der Waals surface area (Å²) in [7, 11) is 1.53. The lowest BCUT2D eigenvalue weighted by Crippen LogP contribution is -2.26. The summed E-state index contributed by atoms with van der Waals surface area (Å²) in [5.74, 6) is 0.352. The second kappa shape index (κ2) is 7.07. The molecule has 1 aromatic carbocycles. The molecule has 0 bridgehead atoms. The number of para-hydroxylation sites is 1. The second-order valence-electron chi connectivity index (χ2n) is 4.28. The fourth-order valence-electron chi connectivity index (χ4n) is 1.87. The standard InChI is InChI=1S/C15H17NO3S/c1-19-13-6-3-2-5-11(13)15(18)16-9-8-12(17)14-7-4-10-20-14/h2-7,10,12,17H,8-9H2,1H3,(H,16,18)/t12-/m0/s1. The maximum Gasteiger partial charge on any atom is 0.255 e. The van der Waals surface area contributed by atoms with E-state index in [9.17, 15) is 9.90 Å². The fraction of sp³-hybridized carbons (Fsp3) is 0.267. The maximum absolute atomic E-state index is 12.0. The lowest BCUT2D eigenvalue weighted by Gasteiger charge is -2.11. The summed E-state index contributed by atoms with van der Waals surface area (Å²) < 4.78 is 5.14. The van der Waals surface area contributed by atoms with E-state index in [4.69, 9.17) is 4.74 Å². The van der Waals surface area contributed by atoms with Gasteiger partial charge in [-0.15, -0.1) is 11.3 Å². The molecule has 0 radical (unpaired) electrons. The van der Waals surface area contributed by atoms with Gasteiger partial charge in [0.25, 0.3) is 5.91 Å². The van der Waals surface area contributed by atoms with Crippen molar-refractivity contribution in [3.05, 3.63) is 52.2 Å². The lowest BCUT2D eigenvalue weighted by molar-refractivity contribution is 0.0940. The van der Waals surface area contributed by atoms with Gasteiger partial charge in [0.05, 0.1) is 18.8 Å². The number of carbonyl (C=O) groups is 1. The minimum Gasteiger partial charge on any atom is -0.496 e. The zero-order valence-corrected chi connectivity index (χ0v) is 12.0. The van der Waals surface area contributed by atoms with Crippen molar-refractivity contribution in [2.24, 2.45) is 0 Å². The molecule has 106 valence electrons. The molecule has 0 saturated carbocycles. The van der Waals surface area contributed by atoms with Crippen molar-refractivity contribution in [2.45, 2.75) is 12.5 Å². The summed E-state index contributed by atoms with van der Waals surface area (Å²) in [6, 6.07) is 10.8. The molecule has 20 heavy (non-hydrogen) atoms. The molecule has 1 atom stereocenters. The SMILES string of the molecule is COc1ccccc1C(=O)NCC[C@H](O)c1cccs1. The molecule has 5 heteroatoms. The molecule has 0 unspecified atom stereocenters. The van der Waals surface area contributed by atoms with Crippen molar-refractivity contribution in [2.75, 3.05) is 13.7 Å². The number of methoxy groups -OCH3 is 1. The number of thiophene rings is 1. The third-order valence-corrected chi connectivity index (χ3v) is 3.90. The van der Waals surface area contributed by atoms with E-state index >= 15 is 0 Å². The Labute approximate surface area is 122 Å². The van der Waals surface area contributed by atoms with Crippen LogP contribution in [0.25, 0.3) is 0 Å². The number of ether oxygens (including phenoxy) is 1. The molecule has 0 aliphatic carbocycles. The van der Waals surface area contributed by atoms with E-state index in [0.717, 1.165) is 4.88 Å². The first kappa shape index (κ1) is 14.6. The zero-order chi connectivity index (χ0) is 14.4. The summed E-state index contributed by atoms with van der Waals surface area (Å²) >= 11 is 1.51. The third kappa shape index (κ3) is 3.59. The molecule has 0 aliphatic heterocycles. The smallest absolute Gasteiger partial charge is 0.255 e. The Morgan fingerprint density at radius 1 is 1.35 bits per heavy atom. The first-order chi connectivity index (χ1) is 9.72. The second-order valence-corrected chi connectivity index (χ2v) is 5.26. The summed E-state index contributed by atoms with van der Waals surface area (Å²) in [6.45, 7) is 0.413. The monoisotopic (exact) mass is 291 g/mol. The molecule has 2 N–H and O–H groups in total. The number of carbonyl (C=O) groups excluding carboxylic acids is 1. The van der Waals surface area contributed by atoms with Crippen LogP contribution in [0.5, 0.6) is 5.75 Å².